The number of aryl methyl sites for hydroxylation is 1. The van der Waals surface area contributed by atoms with Gasteiger partial charge < -0.3 is 10.5 Å². The Morgan fingerprint density at radius 3 is 2.45 bits per heavy atom. The van der Waals surface area contributed by atoms with E-state index in [1.165, 1.54) is 12.1 Å². The van der Waals surface area contributed by atoms with E-state index in [1.54, 1.807) is 18.3 Å². The zero-order valence-corrected chi connectivity index (χ0v) is 12.9. The van der Waals surface area contributed by atoms with Crippen molar-refractivity contribution in [3.63, 3.8) is 0 Å². The highest BCUT2D eigenvalue weighted by Gasteiger charge is 2.70. The van der Waals surface area contributed by atoms with Crippen LogP contribution in [0, 0.1) is 12.3 Å². The Labute approximate surface area is 128 Å². The Balaban J connectivity index is 1.58. The van der Waals surface area contributed by atoms with Gasteiger partial charge in [-0.3, -0.25) is 0 Å². The summed E-state index contributed by atoms with van der Waals surface area (Å²) in [5.41, 5.74) is 5.36. The third kappa shape index (κ3) is 2.54. The summed E-state index contributed by atoms with van der Waals surface area (Å²) in [6.45, 7) is 1.88. The number of nitrogens with two attached hydrogens (primary N) is 1. The van der Waals surface area contributed by atoms with Crippen molar-refractivity contribution in [1.82, 2.24) is 4.83 Å². The average Bonchev–Trinajstić information content (AvgIpc) is 2.34. The SMILES string of the molecule is Cc1ccc(S(=O)(=O)N/N=C/C23CC(OC(N)=O)(C2)C3)cc1. The summed E-state index contributed by atoms with van der Waals surface area (Å²) in [4.78, 5) is 13.1. The first-order chi connectivity index (χ1) is 10.2. The van der Waals surface area contributed by atoms with Crippen LogP contribution in [0.15, 0.2) is 34.3 Å². The van der Waals surface area contributed by atoms with Crippen molar-refractivity contribution >= 4 is 22.3 Å². The fourth-order valence-corrected chi connectivity index (χ4v) is 4.02. The molecule has 0 aromatic heterocycles. The molecule has 22 heavy (non-hydrogen) atoms. The van der Waals surface area contributed by atoms with E-state index in [0.717, 1.165) is 5.56 Å². The second kappa shape index (κ2) is 4.70. The van der Waals surface area contributed by atoms with Gasteiger partial charge in [-0.05, 0) is 38.3 Å². The van der Waals surface area contributed by atoms with Gasteiger partial charge in [0.15, 0.2) is 0 Å². The molecule has 0 aliphatic heterocycles. The first-order valence-corrected chi connectivity index (χ1v) is 8.34. The van der Waals surface area contributed by atoms with E-state index in [-0.39, 0.29) is 10.3 Å². The number of amides is 1. The molecule has 4 rings (SSSR count). The fraction of sp³-hybridized carbons (Fsp3) is 0.429. The van der Waals surface area contributed by atoms with Crippen LogP contribution in [0.4, 0.5) is 4.79 Å². The van der Waals surface area contributed by atoms with E-state index in [4.69, 9.17) is 10.5 Å². The van der Waals surface area contributed by atoms with E-state index < -0.39 is 21.7 Å². The molecule has 7 nitrogen and oxygen atoms in total. The number of sulfonamides is 1. The molecule has 1 aromatic rings. The smallest absolute Gasteiger partial charge is 0.405 e. The minimum Gasteiger partial charge on any atom is -0.443 e. The highest BCUT2D eigenvalue weighted by atomic mass is 32.2. The van der Waals surface area contributed by atoms with Crippen LogP contribution in [-0.2, 0) is 14.8 Å². The number of hydrazone groups is 1. The molecular formula is C14H17N3O4S. The maximum Gasteiger partial charge on any atom is 0.405 e. The van der Waals surface area contributed by atoms with Gasteiger partial charge in [0.05, 0.1) is 4.90 Å². The molecule has 0 saturated heterocycles. The van der Waals surface area contributed by atoms with Crippen LogP contribution < -0.4 is 10.6 Å². The number of benzene rings is 1. The number of rotatable bonds is 5. The number of carbonyl (C=O) groups excluding carboxylic acids is 1. The number of carbonyl (C=O) groups is 1. The van der Waals surface area contributed by atoms with Gasteiger partial charge in [-0.25, -0.2) is 9.63 Å². The summed E-state index contributed by atoms with van der Waals surface area (Å²) in [6, 6.07) is 6.52. The first kappa shape index (κ1) is 14.8. The normalized spacial score (nSPS) is 29.5. The maximum absolute atomic E-state index is 12.0. The monoisotopic (exact) mass is 323 g/mol. The van der Waals surface area contributed by atoms with Crippen molar-refractivity contribution in [3.05, 3.63) is 29.8 Å². The highest BCUT2D eigenvalue weighted by Crippen LogP contribution is 2.68. The number of nitrogens with zero attached hydrogens (tertiary/aromatic N) is 1. The molecule has 0 radical (unpaired) electrons. The summed E-state index contributed by atoms with van der Waals surface area (Å²) in [5.74, 6) is 0. The Bertz CT molecular complexity index is 720. The standard InChI is InChI=1S/C14H17N3O4S/c1-10-2-4-11(5-3-10)22(19,20)17-16-9-13-6-14(7-13,8-13)21-12(15)18/h2-5,9,17H,6-8H2,1H3,(H2,15,18)/b16-9+. The molecule has 3 N–H and O–H groups in total. The lowest BCUT2D eigenvalue weighted by molar-refractivity contribution is -0.217. The van der Waals surface area contributed by atoms with Gasteiger partial charge in [0, 0.05) is 11.6 Å². The van der Waals surface area contributed by atoms with E-state index in [1.807, 2.05) is 6.92 Å². The predicted octanol–water partition coefficient (Wildman–Crippen LogP) is 1.28. The number of ether oxygens (including phenoxy) is 1. The van der Waals surface area contributed by atoms with Crippen LogP contribution in [0.5, 0.6) is 0 Å². The molecular weight excluding hydrogens is 306 g/mol. The van der Waals surface area contributed by atoms with Gasteiger partial charge >= 0.3 is 6.09 Å². The lowest BCUT2D eigenvalue weighted by Gasteiger charge is -2.66. The molecule has 3 fully saturated rings. The van der Waals surface area contributed by atoms with Crippen molar-refractivity contribution < 1.29 is 17.9 Å². The van der Waals surface area contributed by atoms with Crippen molar-refractivity contribution in [2.75, 3.05) is 0 Å². The number of primary amides is 1. The van der Waals surface area contributed by atoms with Gasteiger partial charge in [0.1, 0.15) is 5.60 Å². The molecule has 1 aromatic carbocycles. The molecule has 3 aliphatic carbocycles. The summed E-state index contributed by atoms with van der Waals surface area (Å²) in [6.07, 6.45) is 2.73. The number of hydrogen-bond donors (Lipinski definition) is 2. The van der Waals surface area contributed by atoms with Crippen LogP contribution in [0.25, 0.3) is 0 Å². The van der Waals surface area contributed by atoms with Crippen molar-refractivity contribution in [1.29, 1.82) is 0 Å². The van der Waals surface area contributed by atoms with E-state index in [2.05, 4.69) is 9.93 Å². The van der Waals surface area contributed by atoms with E-state index in [0.29, 0.717) is 19.3 Å². The largest absolute Gasteiger partial charge is 0.443 e. The minimum atomic E-state index is -3.65. The zero-order valence-electron chi connectivity index (χ0n) is 12.1. The zero-order chi connectivity index (χ0) is 16.0. The lowest BCUT2D eigenvalue weighted by Crippen LogP contribution is -2.69. The van der Waals surface area contributed by atoms with Gasteiger partial charge in [-0.2, -0.15) is 13.5 Å². The second-order valence-electron chi connectivity index (χ2n) is 6.16. The molecule has 3 saturated carbocycles. The fourth-order valence-electron chi connectivity index (χ4n) is 3.23. The maximum atomic E-state index is 12.0. The summed E-state index contributed by atoms with van der Waals surface area (Å²) >= 11 is 0. The molecule has 8 heteroatoms. The Morgan fingerprint density at radius 2 is 1.91 bits per heavy atom. The number of nitrogens with one attached hydrogen (secondary N) is 1. The summed E-state index contributed by atoms with van der Waals surface area (Å²) in [5, 5.41) is 3.85. The third-order valence-corrected chi connectivity index (χ3v) is 5.42. The third-order valence-electron chi connectivity index (χ3n) is 4.18. The Hall–Kier alpha value is -2.09. The summed E-state index contributed by atoms with van der Waals surface area (Å²) in [7, 11) is -3.65. The highest BCUT2D eigenvalue weighted by molar-refractivity contribution is 7.89. The predicted molar refractivity (Wildman–Crippen MR) is 79.7 cm³/mol. The molecule has 3 aliphatic rings. The summed E-state index contributed by atoms with van der Waals surface area (Å²) < 4.78 is 29.1. The van der Waals surface area contributed by atoms with Crippen LogP contribution >= 0.6 is 0 Å². The van der Waals surface area contributed by atoms with Gasteiger partial charge in [0.2, 0.25) is 0 Å². The van der Waals surface area contributed by atoms with Crippen LogP contribution in [-0.4, -0.2) is 26.3 Å². The van der Waals surface area contributed by atoms with Gasteiger partial charge in [-0.15, -0.1) is 0 Å². The quantitative estimate of drug-likeness (QED) is 0.628. The second-order valence-corrected chi connectivity index (χ2v) is 7.82. The minimum absolute atomic E-state index is 0.168. The topological polar surface area (TPSA) is 111 Å². The van der Waals surface area contributed by atoms with Gasteiger partial charge in [-0.1, -0.05) is 17.7 Å². The van der Waals surface area contributed by atoms with Crippen LogP contribution in [0.3, 0.4) is 0 Å². The molecule has 0 atom stereocenters. The lowest BCUT2D eigenvalue weighted by atomic mass is 9.41. The van der Waals surface area contributed by atoms with Crippen LogP contribution in [0.1, 0.15) is 24.8 Å². The molecule has 2 bridgehead atoms. The number of hydrogen-bond acceptors (Lipinski definition) is 5. The van der Waals surface area contributed by atoms with E-state index >= 15 is 0 Å². The Morgan fingerprint density at radius 1 is 1.32 bits per heavy atom. The molecule has 0 heterocycles. The van der Waals surface area contributed by atoms with Crippen LogP contribution in [0.2, 0.25) is 0 Å². The van der Waals surface area contributed by atoms with E-state index in [9.17, 15) is 13.2 Å². The van der Waals surface area contributed by atoms with Crippen molar-refractivity contribution in [2.45, 2.75) is 36.7 Å². The Kier molecular flexibility index (Phi) is 3.17. The first-order valence-electron chi connectivity index (χ1n) is 6.86. The van der Waals surface area contributed by atoms with Gasteiger partial charge in [0.25, 0.3) is 10.0 Å². The van der Waals surface area contributed by atoms with Crippen molar-refractivity contribution in [3.8, 4) is 0 Å². The molecule has 0 unspecified atom stereocenters. The average molecular weight is 323 g/mol. The molecule has 1 amide bonds. The molecule has 118 valence electrons. The molecule has 0 spiro atoms. The van der Waals surface area contributed by atoms with Crippen molar-refractivity contribution in [2.24, 2.45) is 16.3 Å².